The van der Waals surface area contributed by atoms with Gasteiger partial charge in [0.15, 0.2) is 0 Å². The monoisotopic (exact) mass is 240 g/mol. The summed E-state index contributed by atoms with van der Waals surface area (Å²) in [6, 6.07) is 13.1. The van der Waals surface area contributed by atoms with E-state index in [-0.39, 0.29) is 0 Å². The molecule has 2 aromatic rings. The minimum atomic E-state index is -0.899. The van der Waals surface area contributed by atoms with Crippen molar-refractivity contribution in [2.24, 2.45) is 0 Å². The van der Waals surface area contributed by atoms with E-state index in [1.807, 2.05) is 36.4 Å². The lowest BCUT2D eigenvalue weighted by molar-refractivity contribution is 0.0697. The summed E-state index contributed by atoms with van der Waals surface area (Å²) < 4.78 is 5.42. The minimum Gasteiger partial charge on any atom is -0.478 e. The number of carbonyl (C=O) groups is 1. The summed E-state index contributed by atoms with van der Waals surface area (Å²) in [7, 11) is 0. The van der Waals surface area contributed by atoms with Gasteiger partial charge in [-0.25, -0.2) is 4.79 Å². The first-order chi connectivity index (χ1) is 8.77. The topological polar surface area (TPSA) is 46.5 Å². The number of hydrogen-bond acceptors (Lipinski definition) is 2. The number of ether oxygens (including phenoxy) is 1. The van der Waals surface area contributed by atoms with Crippen molar-refractivity contribution in [1.29, 1.82) is 0 Å². The Hall–Kier alpha value is -2.13. The predicted octanol–water partition coefficient (Wildman–Crippen LogP) is 3.08. The third-order valence-electron chi connectivity index (χ3n) is 3.21. The van der Waals surface area contributed by atoms with Crippen molar-refractivity contribution in [3.63, 3.8) is 0 Å². The fourth-order valence-electron chi connectivity index (χ4n) is 2.37. The van der Waals surface area contributed by atoms with Crippen LogP contribution in [0.4, 0.5) is 0 Å². The Labute approximate surface area is 105 Å². The van der Waals surface area contributed by atoms with Crippen LogP contribution in [0, 0.1) is 0 Å². The van der Waals surface area contributed by atoms with E-state index in [1.54, 1.807) is 6.07 Å². The Morgan fingerprint density at radius 1 is 1.06 bits per heavy atom. The quantitative estimate of drug-likeness (QED) is 0.877. The van der Waals surface area contributed by atoms with Crippen LogP contribution in [0.3, 0.4) is 0 Å². The molecule has 3 rings (SSSR count). The lowest BCUT2D eigenvalue weighted by Crippen LogP contribution is -2.03. The molecule has 1 aliphatic rings. The van der Waals surface area contributed by atoms with E-state index in [4.69, 9.17) is 4.74 Å². The number of fused-ring (bicyclic) bond motifs is 1. The molecule has 0 spiro atoms. The molecular weight excluding hydrogens is 228 g/mol. The highest BCUT2D eigenvalue weighted by Crippen LogP contribution is 2.34. The van der Waals surface area contributed by atoms with Crippen molar-refractivity contribution in [2.45, 2.75) is 13.2 Å². The van der Waals surface area contributed by atoms with E-state index >= 15 is 0 Å². The molecule has 0 amide bonds. The lowest BCUT2D eigenvalue weighted by atomic mass is 9.92. The molecule has 90 valence electrons. The molecule has 0 saturated heterocycles. The number of benzene rings is 2. The molecule has 0 bridgehead atoms. The summed E-state index contributed by atoms with van der Waals surface area (Å²) in [5, 5.41) is 9.32. The lowest BCUT2D eigenvalue weighted by Gasteiger charge is -2.11. The number of carboxylic acid groups (broad SMARTS) is 1. The first-order valence-corrected chi connectivity index (χ1v) is 5.78. The molecule has 0 aromatic heterocycles. The minimum absolute atomic E-state index is 0.338. The van der Waals surface area contributed by atoms with E-state index in [1.165, 1.54) is 0 Å². The zero-order valence-electron chi connectivity index (χ0n) is 9.72. The largest absolute Gasteiger partial charge is 0.478 e. The summed E-state index contributed by atoms with van der Waals surface area (Å²) in [6.07, 6.45) is 0. The van der Waals surface area contributed by atoms with Crippen molar-refractivity contribution < 1.29 is 14.6 Å². The second kappa shape index (κ2) is 4.27. The second-order valence-corrected chi connectivity index (χ2v) is 4.29. The van der Waals surface area contributed by atoms with E-state index in [9.17, 15) is 9.90 Å². The van der Waals surface area contributed by atoms with Gasteiger partial charge in [0.1, 0.15) is 0 Å². The first-order valence-electron chi connectivity index (χ1n) is 5.78. The summed E-state index contributed by atoms with van der Waals surface area (Å²) in [5.74, 6) is -0.899. The van der Waals surface area contributed by atoms with Crippen LogP contribution in [0.5, 0.6) is 0 Å². The van der Waals surface area contributed by atoms with Gasteiger partial charge in [0.05, 0.1) is 18.8 Å². The van der Waals surface area contributed by atoms with Gasteiger partial charge in [-0.05, 0) is 22.8 Å². The van der Waals surface area contributed by atoms with Crippen molar-refractivity contribution in [2.75, 3.05) is 0 Å². The highest BCUT2D eigenvalue weighted by atomic mass is 16.5. The van der Waals surface area contributed by atoms with Gasteiger partial charge in [-0.3, -0.25) is 0 Å². The summed E-state index contributed by atoms with van der Waals surface area (Å²) in [4.78, 5) is 11.4. The van der Waals surface area contributed by atoms with Crippen LogP contribution < -0.4 is 0 Å². The SMILES string of the molecule is O=C(O)c1ccc2c(c1-c1ccccc1)COC2. The van der Waals surface area contributed by atoms with Gasteiger partial charge in [0, 0.05) is 5.56 Å². The van der Waals surface area contributed by atoms with Crippen LogP contribution in [-0.4, -0.2) is 11.1 Å². The number of hydrogen-bond donors (Lipinski definition) is 1. The molecule has 3 nitrogen and oxygen atoms in total. The predicted molar refractivity (Wildman–Crippen MR) is 67.3 cm³/mol. The Balaban J connectivity index is 2.29. The van der Waals surface area contributed by atoms with Crippen LogP contribution in [0.1, 0.15) is 21.5 Å². The van der Waals surface area contributed by atoms with Gasteiger partial charge in [-0.2, -0.15) is 0 Å². The molecule has 3 heteroatoms. The van der Waals surface area contributed by atoms with Gasteiger partial charge in [0.2, 0.25) is 0 Å². The molecular formula is C15H12O3. The van der Waals surface area contributed by atoms with Gasteiger partial charge < -0.3 is 9.84 Å². The third kappa shape index (κ3) is 1.69. The average Bonchev–Trinajstić information content (AvgIpc) is 2.86. The summed E-state index contributed by atoms with van der Waals surface area (Å²) in [5.41, 5.74) is 4.14. The standard InChI is InChI=1S/C15H12O3/c16-15(17)12-7-6-11-8-18-9-13(11)14(12)10-4-2-1-3-5-10/h1-7H,8-9H2,(H,16,17). The van der Waals surface area contributed by atoms with E-state index < -0.39 is 5.97 Å². The van der Waals surface area contributed by atoms with Gasteiger partial charge >= 0.3 is 5.97 Å². The van der Waals surface area contributed by atoms with Crippen LogP contribution in [0.2, 0.25) is 0 Å². The van der Waals surface area contributed by atoms with E-state index in [0.717, 1.165) is 22.3 Å². The van der Waals surface area contributed by atoms with Crippen molar-refractivity contribution in [3.05, 3.63) is 59.2 Å². The van der Waals surface area contributed by atoms with Crippen LogP contribution in [0.15, 0.2) is 42.5 Å². The van der Waals surface area contributed by atoms with Crippen molar-refractivity contribution in [3.8, 4) is 11.1 Å². The summed E-state index contributed by atoms with van der Waals surface area (Å²) >= 11 is 0. The highest BCUT2D eigenvalue weighted by molar-refractivity contribution is 5.97. The smallest absolute Gasteiger partial charge is 0.336 e. The van der Waals surface area contributed by atoms with E-state index in [0.29, 0.717) is 18.8 Å². The normalized spacial score (nSPS) is 13.3. The zero-order chi connectivity index (χ0) is 12.5. The van der Waals surface area contributed by atoms with Crippen LogP contribution in [0.25, 0.3) is 11.1 Å². The Morgan fingerprint density at radius 2 is 1.83 bits per heavy atom. The van der Waals surface area contributed by atoms with E-state index in [2.05, 4.69) is 0 Å². The van der Waals surface area contributed by atoms with Gasteiger partial charge in [-0.15, -0.1) is 0 Å². The van der Waals surface area contributed by atoms with Crippen molar-refractivity contribution >= 4 is 5.97 Å². The number of aromatic carboxylic acids is 1. The molecule has 18 heavy (non-hydrogen) atoms. The Kier molecular flexibility index (Phi) is 2.61. The molecule has 2 aromatic carbocycles. The first kappa shape index (κ1) is 11.0. The highest BCUT2D eigenvalue weighted by Gasteiger charge is 2.22. The number of rotatable bonds is 2. The number of carboxylic acids is 1. The van der Waals surface area contributed by atoms with Gasteiger partial charge in [-0.1, -0.05) is 36.4 Å². The second-order valence-electron chi connectivity index (χ2n) is 4.29. The average molecular weight is 240 g/mol. The fourth-order valence-corrected chi connectivity index (χ4v) is 2.37. The molecule has 1 N–H and O–H groups in total. The molecule has 0 radical (unpaired) electrons. The maximum absolute atomic E-state index is 11.4. The molecule has 0 aliphatic carbocycles. The molecule has 0 saturated carbocycles. The van der Waals surface area contributed by atoms with Crippen LogP contribution >= 0.6 is 0 Å². The summed E-state index contributed by atoms with van der Waals surface area (Å²) in [6.45, 7) is 1.05. The Bertz CT molecular complexity index is 603. The van der Waals surface area contributed by atoms with Crippen LogP contribution in [-0.2, 0) is 18.0 Å². The molecule has 1 aliphatic heterocycles. The van der Waals surface area contributed by atoms with Gasteiger partial charge in [0.25, 0.3) is 0 Å². The zero-order valence-corrected chi connectivity index (χ0v) is 9.72. The maximum Gasteiger partial charge on any atom is 0.336 e. The maximum atomic E-state index is 11.4. The molecule has 0 unspecified atom stereocenters. The molecule has 0 atom stereocenters. The fraction of sp³-hybridized carbons (Fsp3) is 0.133. The molecule has 0 fully saturated rings. The third-order valence-corrected chi connectivity index (χ3v) is 3.21. The van der Waals surface area contributed by atoms with Crippen molar-refractivity contribution in [1.82, 2.24) is 0 Å². The Morgan fingerprint density at radius 3 is 2.56 bits per heavy atom. The molecule has 1 heterocycles.